The highest BCUT2D eigenvalue weighted by atomic mass is 16.1. The molecule has 0 aliphatic carbocycles. The highest BCUT2D eigenvalue weighted by Gasteiger charge is 2.05. The molecule has 4 N–H and O–H groups in total. The topological polar surface area (TPSA) is 69.1 Å². The van der Waals surface area contributed by atoms with Crippen LogP contribution in [0.3, 0.4) is 0 Å². The molecule has 1 aromatic carbocycles. The third-order valence-electron chi connectivity index (χ3n) is 2.01. The molecule has 1 aromatic rings. The van der Waals surface area contributed by atoms with Crippen molar-refractivity contribution in [2.75, 3.05) is 5.73 Å². The smallest absolute Gasteiger partial charge is 0.162 e. The summed E-state index contributed by atoms with van der Waals surface area (Å²) in [6, 6.07) is 5.23. The molecular weight excluding hydrogens is 164 g/mol. The summed E-state index contributed by atoms with van der Waals surface area (Å²) >= 11 is 0. The van der Waals surface area contributed by atoms with Gasteiger partial charge < -0.3 is 11.5 Å². The van der Waals surface area contributed by atoms with Gasteiger partial charge in [-0.15, -0.1) is 0 Å². The Kier molecular flexibility index (Phi) is 3.03. The van der Waals surface area contributed by atoms with E-state index in [1.165, 1.54) is 0 Å². The number of hydrogen-bond donors (Lipinski definition) is 2. The van der Waals surface area contributed by atoms with Gasteiger partial charge >= 0.3 is 0 Å². The molecule has 0 bridgehead atoms. The van der Waals surface area contributed by atoms with Crippen molar-refractivity contribution in [2.24, 2.45) is 5.73 Å². The third kappa shape index (κ3) is 2.06. The van der Waals surface area contributed by atoms with E-state index in [0.29, 0.717) is 24.2 Å². The second-order valence-corrected chi connectivity index (χ2v) is 2.89. The molecule has 0 atom stereocenters. The molecule has 0 amide bonds. The monoisotopic (exact) mass is 178 g/mol. The van der Waals surface area contributed by atoms with Crippen molar-refractivity contribution >= 4 is 11.5 Å². The molecule has 0 fully saturated rings. The number of Topliss-reactive ketones (excluding diaryl/α,β-unsaturated/α-hetero) is 1. The maximum atomic E-state index is 11.3. The molecule has 0 saturated carbocycles. The molecule has 0 aliphatic heterocycles. The normalized spacial score (nSPS) is 10.0. The van der Waals surface area contributed by atoms with Crippen LogP contribution >= 0.6 is 0 Å². The Hall–Kier alpha value is -1.35. The summed E-state index contributed by atoms with van der Waals surface area (Å²) in [5, 5.41) is 0. The van der Waals surface area contributed by atoms with Gasteiger partial charge in [0.1, 0.15) is 0 Å². The average molecular weight is 178 g/mol. The minimum absolute atomic E-state index is 0.120. The van der Waals surface area contributed by atoms with E-state index in [-0.39, 0.29) is 5.78 Å². The van der Waals surface area contributed by atoms with Gasteiger partial charge in [0.05, 0.1) is 0 Å². The van der Waals surface area contributed by atoms with E-state index in [1.807, 2.05) is 6.92 Å². The number of rotatable bonds is 3. The van der Waals surface area contributed by atoms with Crippen LogP contribution in [0.15, 0.2) is 18.2 Å². The van der Waals surface area contributed by atoms with Crippen LogP contribution in [0.4, 0.5) is 5.69 Å². The fourth-order valence-corrected chi connectivity index (χ4v) is 1.16. The predicted molar refractivity (Wildman–Crippen MR) is 53.4 cm³/mol. The Balaban J connectivity index is 3.06. The largest absolute Gasteiger partial charge is 0.398 e. The number of carbonyl (C=O) groups excluding carboxylic acids is 1. The van der Waals surface area contributed by atoms with Crippen LogP contribution in [0.25, 0.3) is 0 Å². The molecule has 0 heterocycles. The lowest BCUT2D eigenvalue weighted by Crippen LogP contribution is -2.04. The molecule has 0 radical (unpaired) electrons. The Bertz CT molecular complexity index is 321. The maximum absolute atomic E-state index is 11.3. The predicted octanol–water partition coefficient (Wildman–Crippen LogP) is 1.32. The number of hydrogen-bond acceptors (Lipinski definition) is 3. The molecule has 13 heavy (non-hydrogen) atoms. The van der Waals surface area contributed by atoms with Gasteiger partial charge in [-0.25, -0.2) is 0 Å². The van der Waals surface area contributed by atoms with E-state index in [4.69, 9.17) is 11.5 Å². The number of nitrogens with two attached hydrogens (primary N) is 2. The summed E-state index contributed by atoms with van der Waals surface area (Å²) in [5.41, 5.74) is 13.3. The highest BCUT2D eigenvalue weighted by Crippen LogP contribution is 2.14. The summed E-state index contributed by atoms with van der Waals surface area (Å²) < 4.78 is 0. The van der Waals surface area contributed by atoms with Gasteiger partial charge in [0, 0.05) is 24.2 Å². The van der Waals surface area contributed by atoms with E-state index in [9.17, 15) is 4.79 Å². The van der Waals surface area contributed by atoms with E-state index in [1.54, 1.807) is 18.2 Å². The molecule has 1 rings (SSSR count). The van der Waals surface area contributed by atoms with Crippen molar-refractivity contribution in [3.63, 3.8) is 0 Å². The van der Waals surface area contributed by atoms with Crippen molar-refractivity contribution in [2.45, 2.75) is 19.9 Å². The second-order valence-electron chi connectivity index (χ2n) is 2.89. The fraction of sp³-hybridized carbons (Fsp3) is 0.300. The summed E-state index contributed by atoms with van der Waals surface area (Å²) in [5.74, 6) is 0.120. The van der Waals surface area contributed by atoms with Gasteiger partial charge in [-0.3, -0.25) is 4.79 Å². The number of nitrogen functional groups attached to an aromatic ring is 1. The van der Waals surface area contributed by atoms with Crippen LogP contribution < -0.4 is 11.5 Å². The summed E-state index contributed by atoms with van der Waals surface area (Å²) in [4.78, 5) is 11.3. The first kappa shape index (κ1) is 9.74. The molecule has 0 unspecified atom stereocenters. The molecule has 0 saturated heterocycles. The van der Waals surface area contributed by atoms with Crippen LogP contribution in [0, 0.1) is 0 Å². The lowest BCUT2D eigenvalue weighted by Gasteiger charge is -2.04. The van der Waals surface area contributed by atoms with E-state index >= 15 is 0 Å². The Labute approximate surface area is 77.7 Å². The minimum Gasteiger partial charge on any atom is -0.398 e. The number of ketones is 1. The number of carbonyl (C=O) groups is 1. The molecule has 0 spiro atoms. The number of benzene rings is 1. The maximum Gasteiger partial charge on any atom is 0.162 e. The summed E-state index contributed by atoms with van der Waals surface area (Å²) in [6.45, 7) is 2.21. The third-order valence-corrected chi connectivity index (χ3v) is 2.01. The number of anilines is 1. The van der Waals surface area contributed by atoms with Crippen molar-refractivity contribution < 1.29 is 4.79 Å². The van der Waals surface area contributed by atoms with Gasteiger partial charge in [0.2, 0.25) is 0 Å². The minimum atomic E-state index is 0.120. The standard InChI is InChI=1S/C10H14N2O/c1-2-10(13)7-3-4-9(12)8(5-7)6-11/h3-5H,2,6,11-12H2,1H3. The molecule has 0 aliphatic rings. The van der Waals surface area contributed by atoms with E-state index in [0.717, 1.165) is 5.56 Å². The summed E-state index contributed by atoms with van der Waals surface area (Å²) in [7, 11) is 0. The first-order valence-corrected chi connectivity index (χ1v) is 4.30. The van der Waals surface area contributed by atoms with Crippen LogP contribution in [-0.2, 0) is 6.54 Å². The Morgan fingerprint density at radius 2 is 2.15 bits per heavy atom. The van der Waals surface area contributed by atoms with Crippen molar-refractivity contribution in [1.82, 2.24) is 0 Å². The zero-order valence-corrected chi connectivity index (χ0v) is 7.71. The zero-order chi connectivity index (χ0) is 9.84. The van der Waals surface area contributed by atoms with Gasteiger partial charge in [0.15, 0.2) is 5.78 Å². The Morgan fingerprint density at radius 1 is 1.46 bits per heavy atom. The molecule has 0 aromatic heterocycles. The molecule has 70 valence electrons. The van der Waals surface area contributed by atoms with Crippen molar-refractivity contribution in [3.8, 4) is 0 Å². The zero-order valence-electron chi connectivity index (χ0n) is 7.71. The molecule has 3 heteroatoms. The van der Waals surface area contributed by atoms with Crippen molar-refractivity contribution in [1.29, 1.82) is 0 Å². The first-order chi connectivity index (χ1) is 6.19. The van der Waals surface area contributed by atoms with E-state index in [2.05, 4.69) is 0 Å². The van der Waals surface area contributed by atoms with E-state index < -0.39 is 0 Å². The fourth-order valence-electron chi connectivity index (χ4n) is 1.16. The van der Waals surface area contributed by atoms with Gasteiger partial charge in [-0.2, -0.15) is 0 Å². The highest BCUT2D eigenvalue weighted by molar-refractivity contribution is 5.96. The molecule has 3 nitrogen and oxygen atoms in total. The summed E-state index contributed by atoms with van der Waals surface area (Å²) in [6.07, 6.45) is 0.508. The van der Waals surface area contributed by atoms with Gasteiger partial charge in [-0.05, 0) is 23.8 Å². The first-order valence-electron chi connectivity index (χ1n) is 4.30. The van der Waals surface area contributed by atoms with Crippen molar-refractivity contribution in [3.05, 3.63) is 29.3 Å². The van der Waals surface area contributed by atoms with Gasteiger partial charge in [-0.1, -0.05) is 6.92 Å². The quantitative estimate of drug-likeness (QED) is 0.541. The Morgan fingerprint density at radius 3 is 2.69 bits per heavy atom. The van der Waals surface area contributed by atoms with Crippen LogP contribution in [0.2, 0.25) is 0 Å². The SMILES string of the molecule is CCC(=O)c1ccc(N)c(CN)c1. The van der Waals surface area contributed by atoms with Crippen LogP contribution in [-0.4, -0.2) is 5.78 Å². The lowest BCUT2D eigenvalue weighted by molar-refractivity contribution is 0.0988. The van der Waals surface area contributed by atoms with Crippen LogP contribution in [0.5, 0.6) is 0 Å². The molecular formula is C10H14N2O. The lowest BCUT2D eigenvalue weighted by atomic mass is 10.0. The van der Waals surface area contributed by atoms with Gasteiger partial charge in [0.25, 0.3) is 0 Å². The van der Waals surface area contributed by atoms with Crippen LogP contribution in [0.1, 0.15) is 29.3 Å². The second kappa shape index (κ2) is 4.05. The average Bonchev–Trinajstić information content (AvgIpc) is 2.17.